The molecule has 0 heterocycles. The second-order valence-corrected chi connectivity index (χ2v) is 11.0. The second kappa shape index (κ2) is 8.57. The normalized spacial score (nSPS) is 15.5. The first-order valence-corrected chi connectivity index (χ1v) is 10.5. The van der Waals surface area contributed by atoms with Gasteiger partial charge in [-0.3, -0.25) is 0 Å². The monoisotopic (exact) mass is 363 g/mol. The molecule has 1 atom stereocenters. The molecule has 109 valence electrons. The van der Waals surface area contributed by atoms with Crippen LogP contribution in [0.5, 0.6) is 0 Å². The van der Waals surface area contributed by atoms with Gasteiger partial charge in [0.2, 0.25) is 0 Å². The molecule has 1 aromatic carbocycles. The van der Waals surface area contributed by atoms with Crippen LogP contribution < -0.4 is 0 Å². The van der Waals surface area contributed by atoms with Gasteiger partial charge in [0.15, 0.2) is 0 Å². The Morgan fingerprint density at radius 2 is 1.70 bits per heavy atom. The van der Waals surface area contributed by atoms with Gasteiger partial charge in [-0.1, -0.05) is 0 Å². The van der Waals surface area contributed by atoms with Gasteiger partial charge in [0.25, 0.3) is 0 Å². The van der Waals surface area contributed by atoms with E-state index in [0.717, 1.165) is 6.42 Å². The predicted molar refractivity (Wildman–Crippen MR) is 88.9 cm³/mol. The minimum absolute atomic E-state index is 0. The third kappa shape index (κ3) is 5.51. The van der Waals surface area contributed by atoms with Crippen molar-refractivity contribution in [1.29, 1.82) is 0 Å². The number of rotatable bonds is 4. The Morgan fingerprint density at radius 1 is 1.10 bits per heavy atom. The van der Waals surface area contributed by atoms with E-state index in [0.29, 0.717) is 0 Å². The summed E-state index contributed by atoms with van der Waals surface area (Å²) in [6, 6.07) is 10.6. The summed E-state index contributed by atoms with van der Waals surface area (Å²) in [5.41, 5.74) is 2.62. The molecular weight excluding hydrogens is 343 g/mol. The van der Waals surface area contributed by atoms with E-state index in [1.54, 1.807) is 0 Å². The van der Waals surface area contributed by atoms with E-state index in [4.69, 9.17) is 4.43 Å². The molecule has 0 fully saturated rings. The number of allylic oxidation sites excluding steroid dienone is 2. The minimum atomic E-state index is -1.57. The first kappa shape index (κ1) is 20.2. The molecule has 5 heteroatoms. The van der Waals surface area contributed by atoms with E-state index in [-0.39, 0.29) is 30.9 Å². The molecule has 0 saturated heterocycles. The maximum Gasteiger partial charge on any atom is -0.147 e. The van der Waals surface area contributed by atoms with E-state index in [2.05, 4.69) is 82.6 Å². The summed E-state index contributed by atoms with van der Waals surface area (Å²) in [6.45, 7) is 6.74. The topological polar surface area (TPSA) is 9.23 Å². The summed E-state index contributed by atoms with van der Waals surface area (Å²) >= 11 is 2.21. The van der Waals surface area contributed by atoms with Gasteiger partial charge in [-0.25, -0.2) is 0 Å². The van der Waals surface area contributed by atoms with Gasteiger partial charge < -0.3 is 0 Å². The van der Waals surface area contributed by atoms with Crippen LogP contribution in [0, 0.1) is 0 Å². The van der Waals surface area contributed by atoms with Crippen molar-refractivity contribution in [1.82, 2.24) is 0 Å². The molecule has 0 bridgehead atoms. The van der Waals surface area contributed by atoms with Crippen LogP contribution in [0.2, 0.25) is 19.6 Å². The van der Waals surface area contributed by atoms with Gasteiger partial charge in [0.05, 0.1) is 0 Å². The summed E-state index contributed by atoms with van der Waals surface area (Å²) in [5, 5.41) is 0. The van der Waals surface area contributed by atoms with Crippen molar-refractivity contribution in [3.05, 3.63) is 57.5 Å². The first-order chi connectivity index (χ1) is 8.47. The molecule has 1 nitrogen and oxygen atoms in total. The molecule has 1 unspecified atom stereocenters. The summed E-state index contributed by atoms with van der Waals surface area (Å²) < 4.78 is 7.84. The van der Waals surface area contributed by atoms with Crippen LogP contribution in [0.1, 0.15) is 18.1 Å². The van der Waals surface area contributed by atoms with E-state index < -0.39 is 8.32 Å². The number of hydrogen-bond acceptors (Lipinski definition) is 1. The van der Waals surface area contributed by atoms with Gasteiger partial charge in [-0.05, 0) is 0 Å². The SMILES string of the molecule is C[Si](C)(C)OC(C1=[C]([Ti])CC=C1)c1ccccc1.Cl.Cl. The van der Waals surface area contributed by atoms with Crippen LogP contribution >= 0.6 is 24.8 Å². The van der Waals surface area contributed by atoms with Gasteiger partial charge in [-0.2, -0.15) is 0 Å². The Balaban J connectivity index is 0.00000180. The molecule has 20 heavy (non-hydrogen) atoms. The van der Waals surface area contributed by atoms with Crippen LogP contribution in [-0.4, -0.2) is 8.32 Å². The predicted octanol–water partition coefficient (Wildman–Crippen LogP) is 5.18. The van der Waals surface area contributed by atoms with E-state index >= 15 is 0 Å². The molecule has 1 aromatic rings. The Hall–Kier alpha value is 0.171. The quantitative estimate of drug-likeness (QED) is 0.669. The van der Waals surface area contributed by atoms with Gasteiger partial charge in [0.1, 0.15) is 0 Å². The summed E-state index contributed by atoms with van der Waals surface area (Å²) in [4.78, 5) is 0. The van der Waals surface area contributed by atoms with E-state index in [1.165, 1.54) is 15.0 Å². The van der Waals surface area contributed by atoms with E-state index in [1.807, 2.05) is 0 Å². The van der Waals surface area contributed by atoms with Crippen LogP contribution in [0.25, 0.3) is 0 Å². The second-order valence-electron chi connectivity index (χ2n) is 5.56. The van der Waals surface area contributed by atoms with Crippen molar-refractivity contribution in [2.24, 2.45) is 0 Å². The smallest absolute Gasteiger partial charge is 0.147 e. The fourth-order valence-corrected chi connectivity index (χ4v) is 3.55. The molecule has 0 aromatic heterocycles. The van der Waals surface area contributed by atoms with Gasteiger partial charge in [-0.15, -0.1) is 24.8 Å². The Labute approximate surface area is 147 Å². The molecule has 0 N–H and O–H groups in total. The number of halogens is 2. The van der Waals surface area contributed by atoms with Crippen LogP contribution in [0.15, 0.2) is 51.9 Å². The zero-order valence-electron chi connectivity index (χ0n) is 12.1. The molecule has 0 aliphatic heterocycles. The van der Waals surface area contributed by atoms with E-state index in [9.17, 15) is 0 Å². The maximum atomic E-state index is 6.41. The Kier molecular flexibility index (Phi) is 8.65. The Morgan fingerprint density at radius 3 is 2.15 bits per heavy atom. The molecule has 2 rings (SSSR count). The van der Waals surface area contributed by atoms with Crippen LogP contribution in [0.3, 0.4) is 0 Å². The fourth-order valence-electron chi connectivity index (χ4n) is 2.06. The Bertz CT molecular complexity index is 480. The average Bonchev–Trinajstić information content (AvgIpc) is 2.72. The third-order valence-electron chi connectivity index (χ3n) is 2.82. The van der Waals surface area contributed by atoms with Crippen molar-refractivity contribution >= 4 is 33.1 Å². The summed E-state index contributed by atoms with van der Waals surface area (Å²) in [7, 11) is -1.57. The van der Waals surface area contributed by atoms with Crippen molar-refractivity contribution in [2.75, 3.05) is 0 Å². The molecule has 0 radical (unpaired) electrons. The van der Waals surface area contributed by atoms with Crippen molar-refractivity contribution < 1.29 is 24.9 Å². The first-order valence-electron chi connectivity index (χ1n) is 6.31. The molecule has 1 aliphatic carbocycles. The van der Waals surface area contributed by atoms with Crippen molar-refractivity contribution in [3.8, 4) is 0 Å². The fraction of sp³-hybridized carbons (Fsp3) is 0.333. The minimum Gasteiger partial charge on any atom is -0.147 e. The standard InChI is InChI=1S/C15H19OSi.2ClH.Ti/c1-17(2,3)16-15(14-11-7-8-12-14)13-9-5-4-6-10-13;;;/h4-7,9-11,15H,8H2,1-3H3;2*1H;. The number of benzene rings is 1. The summed E-state index contributed by atoms with van der Waals surface area (Å²) in [6.07, 6.45) is 5.63. The zero-order valence-corrected chi connectivity index (χ0v) is 16.2. The molecule has 0 amide bonds. The third-order valence-corrected chi connectivity index (χ3v) is 4.54. The molecular formula is C15H21Cl2OSiTi. The number of hydrogen-bond donors (Lipinski definition) is 0. The van der Waals surface area contributed by atoms with Crippen LogP contribution in [0.4, 0.5) is 0 Å². The molecule has 0 saturated carbocycles. The van der Waals surface area contributed by atoms with Gasteiger partial charge in [0, 0.05) is 0 Å². The maximum absolute atomic E-state index is 6.41. The van der Waals surface area contributed by atoms with Gasteiger partial charge >= 0.3 is 123 Å². The average molecular weight is 364 g/mol. The molecule has 1 aliphatic rings. The van der Waals surface area contributed by atoms with Crippen LogP contribution in [-0.2, 0) is 24.9 Å². The zero-order chi connectivity index (χ0) is 13.2. The molecule has 0 spiro atoms. The van der Waals surface area contributed by atoms with Crippen molar-refractivity contribution in [3.63, 3.8) is 0 Å². The largest absolute Gasteiger partial charge is 0.147 e. The van der Waals surface area contributed by atoms with Crippen molar-refractivity contribution in [2.45, 2.75) is 32.2 Å². The summed E-state index contributed by atoms with van der Waals surface area (Å²) in [5.74, 6) is 0.